The molecule has 0 aromatic carbocycles. The van der Waals surface area contributed by atoms with E-state index < -0.39 is 0 Å². The smallest absolute Gasteiger partial charge is 0.0392 e. The molecule has 2 heteroatoms. The molecule has 0 fully saturated rings. The molecular formula is C11H17NS. The summed E-state index contributed by atoms with van der Waals surface area (Å²) in [7, 11) is 0. The van der Waals surface area contributed by atoms with Crippen LogP contribution in [0, 0.1) is 0 Å². The minimum absolute atomic E-state index is 0.197. The predicted molar refractivity (Wildman–Crippen MR) is 60.1 cm³/mol. The number of hydrogen-bond donors (Lipinski definition) is 1. The average molecular weight is 195 g/mol. The lowest BCUT2D eigenvalue weighted by atomic mass is 10.1. The maximum atomic E-state index is 6.01. The second-order valence-corrected chi connectivity index (χ2v) is 4.33. The maximum absolute atomic E-state index is 6.01. The van der Waals surface area contributed by atoms with Gasteiger partial charge < -0.3 is 5.73 Å². The quantitative estimate of drug-likeness (QED) is 0.717. The second-order valence-electron chi connectivity index (χ2n) is 3.13. The van der Waals surface area contributed by atoms with E-state index in [4.69, 9.17) is 5.73 Å². The minimum atomic E-state index is 0.197. The number of aryl methyl sites for hydroxylation is 1. The molecule has 1 rings (SSSR count). The fourth-order valence-corrected chi connectivity index (χ4v) is 2.21. The van der Waals surface area contributed by atoms with Crippen LogP contribution in [-0.2, 0) is 6.42 Å². The second kappa shape index (κ2) is 5.20. The Morgan fingerprint density at radius 3 is 2.92 bits per heavy atom. The lowest BCUT2D eigenvalue weighted by Crippen LogP contribution is -2.07. The molecule has 0 aliphatic carbocycles. The topological polar surface area (TPSA) is 26.0 Å². The summed E-state index contributed by atoms with van der Waals surface area (Å²) in [5.41, 5.74) is 6.01. The number of nitrogens with two attached hydrogens (primary N) is 1. The summed E-state index contributed by atoms with van der Waals surface area (Å²) in [5, 5.41) is 0. The molecule has 0 unspecified atom stereocenters. The van der Waals surface area contributed by atoms with Crippen molar-refractivity contribution in [1.82, 2.24) is 0 Å². The highest BCUT2D eigenvalue weighted by molar-refractivity contribution is 7.12. The van der Waals surface area contributed by atoms with E-state index in [-0.39, 0.29) is 6.04 Å². The number of hydrogen-bond acceptors (Lipinski definition) is 2. The summed E-state index contributed by atoms with van der Waals surface area (Å²) >= 11 is 1.83. The van der Waals surface area contributed by atoms with Crippen LogP contribution in [0.5, 0.6) is 0 Å². The Morgan fingerprint density at radius 1 is 1.62 bits per heavy atom. The maximum Gasteiger partial charge on any atom is 0.0392 e. The van der Waals surface area contributed by atoms with Crippen molar-refractivity contribution in [2.45, 2.75) is 32.2 Å². The van der Waals surface area contributed by atoms with Crippen LogP contribution in [0.25, 0.3) is 0 Å². The van der Waals surface area contributed by atoms with Crippen molar-refractivity contribution in [3.8, 4) is 0 Å². The Bertz CT molecular complexity index is 265. The highest BCUT2D eigenvalue weighted by atomic mass is 32.1. The lowest BCUT2D eigenvalue weighted by molar-refractivity contribution is 0.673. The molecule has 0 amide bonds. The molecule has 13 heavy (non-hydrogen) atoms. The summed E-state index contributed by atoms with van der Waals surface area (Å²) < 4.78 is 0. The molecule has 0 spiro atoms. The van der Waals surface area contributed by atoms with Gasteiger partial charge in [-0.15, -0.1) is 17.9 Å². The fraction of sp³-hybridized carbons (Fsp3) is 0.455. The SMILES string of the molecule is C=CCC[C@@H](N)c1ccc(CC)s1. The van der Waals surface area contributed by atoms with Gasteiger partial charge in [-0.25, -0.2) is 0 Å². The highest BCUT2D eigenvalue weighted by Crippen LogP contribution is 2.24. The average Bonchev–Trinajstić information content (AvgIpc) is 2.62. The van der Waals surface area contributed by atoms with Crippen molar-refractivity contribution in [2.24, 2.45) is 5.73 Å². The molecular weight excluding hydrogens is 178 g/mol. The Labute approximate surface area is 84.3 Å². The van der Waals surface area contributed by atoms with E-state index in [2.05, 4.69) is 25.6 Å². The summed E-state index contributed by atoms with van der Waals surface area (Å²) in [5.74, 6) is 0. The zero-order valence-corrected chi connectivity index (χ0v) is 8.94. The van der Waals surface area contributed by atoms with Gasteiger partial charge in [-0.3, -0.25) is 0 Å². The van der Waals surface area contributed by atoms with E-state index in [1.54, 1.807) is 0 Å². The third-order valence-corrected chi connectivity index (χ3v) is 3.44. The van der Waals surface area contributed by atoms with E-state index in [1.165, 1.54) is 9.75 Å². The van der Waals surface area contributed by atoms with Crippen LogP contribution >= 0.6 is 11.3 Å². The van der Waals surface area contributed by atoms with Crippen molar-refractivity contribution in [1.29, 1.82) is 0 Å². The van der Waals surface area contributed by atoms with E-state index in [1.807, 2.05) is 17.4 Å². The molecule has 0 saturated heterocycles. The van der Waals surface area contributed by atoms with Crippen molar-refractivity contribution in [3.05, 3.63) is 34.5 Å². The molecule has 1 aromatic rings. The van der Waals surface area contributed by atoms with Crippen molar-refractivity contribution in [3.63, 3.8) is 0 Å². The zero-order valence-electron chi connectivity index (χ0n) is 8.12. The highest BCUT2D eigenvalue weighted by Gasteiger charge is 2.07. The molecule has 0 radical (unpaired) electrons. The fourth-order valence-electron chi connectivity index (χ4n) is 1.22. The number of rotatable bonds is 5. The Morgan fingerprint density at radius 2 is 2.38 bits per heavy atom. The van der Waals surface area contributed by atoms with Crippen LogP contribution in [0.15, 0.2) is 24.8 Å². The van der Waals surface area contributed by atoms with Gasteiger partial charge in [0.05, 0.1) is 0 Å². The summed E-state index contributed by atoms with van der Waals surface area (Å²) in [6, 6.07) is 4.52. The zero-order chi connectivity index (χ0) is 9.68. The lowest BCUT2D eigenvalue weighted by Gasteiger charge is -2.06. The van der Waals surface area contributed by atoms with Gasteiger partial charge in [-0.1, -0.05) is 13.0 Å². The largest absolute Gasteiger partial charge is 0.323 e. The van der Waals surface area contributed by atoms with E-state index >= 15 is 0 Å². The molecule has 1 aromatic heterocycles. The van der Waals surface area contributed by atoms with Crippen LogP contribution < -0.4 is 5.73 Å². The molecule has 0 aliphatic heterocycles. The van der Waals surface area contributed by atoms with Crippen LogP contribution in [0.3, 0.4) is 0 Å². The first-order valence-electron chi connectivity index (χ1n) is 4.73. The molecule has 0 bridgehead atoms. The standard InChI is InChI=1S/C11H17NS/c1-3-5-6-10(12)11-8-7-9(4-2)13-11/h3,7-8,10H,1,4-6,12H2,2H3/t10-/m1/s1. The molecule has 1 nitrogen and oxygen atoms in total. The Balaban J connectivity index is 2.54. The van der Waals surface area contributed by atoms with Gasteiger partial charge in [-0.05, 0) is 31.4 Å². The Kier molecular flexibility index (Phi) is 4.19. The van der Waals surface area contributed by atoms with Crippen LogP contribution in [0.2, 0.25) is 0 Å². The molecule has 0 aliphatic rings. The van der Waals surface area contributed by atoms with Crippen LogP contribution in [-0.4, -0.2) is 0 Å². The van der Waals surface area contributed by atoms with Crippen molar-refractivity contribution in [2.75, 3.05) is 0 Å². The van der Waals surface area contributed by atoms with Crippen LogP contribution in [0.4, 0.5) is 0 Å². The molecule has 1 heterocycles. The minimum Gasteiger partial charge on any atom is -0.323 e. The van der Waals surface area contributed by atoms with E-state index in [0.29, 0.717) is 0 Å². The predicted octanol–water partition coefficient (Wildman–Crippen LogP) is 3.28. The first-order valence-corrected chi connectivity index (χ1v) is 5.54. The van der Waals surface area contributed by atoms with Crippen LogP contribution in [0.1, 0.15) is 35.6 Å². The van der Waals surface area contributed by atoms with Gasteiger partial charge in [0, 0.05) is 15.8 Å². The van der Waals surface area contributed by atoms with Gasteiger partial charge in [0.25, 0.3) is 0 Å². The summed E-state index contributed by atoms with van der Waals surface area (Å²) in [4.78, 5) is 2.72. The normalized spacial score (nSPS) is 12.8. The first-order chi connectivity index (χ1) is 6.27. The number of allylic oxidation sites excluding steroid dienone is 1. The third kappa shape index (κ3) is 2.98. The van der Waals surface area contributed by atoms with Gasteiger partial charge in [0.2, 0.25) is 0 Å². The molecule has 2 N–H and O–H groups in total. The summed E-state index contributed by atoms with van der Waals surface area (Å²) in [6.45, 7) is 5.87. The Hall–Kier alpha value is -0.600. The van der Waals surface area contributed by atoms with Gasteiger partial charge in [-0.2, -0.15) is 0 Å². The number of thiophene rings is 1. The first kappa shape index (κ1) is 10.5. The van der Waals surface area contributed by atoms with Crippen molar-refractivity contribution >= 4 is 11.3 Å². The van der Waals surface area contributed by atoms with Gasteiger partial charge >= 0.3 is 0 Å². The molecule has 0 saturated carbocycles. The van der Waals surface area contributed by atoms with Gasteiger partial charge in [0.1, 0.15) is 0 Å². The van der Waals surface area contributed by atoms with E-state index in [0.717, 1.165) is 19.3 Å². The third-order valence-electron chi connectivity index (χ3n) is 2.08. The monoisotopic (exact) mass is 195 g/mol. The van der Waals surface area contributed by atoms with Gasteiger partial charge in [0.15, 0.2) is 0 Å². The molecule has 1 atom stereocenters. The van der Waals surface area contributed by atoms with E-state index in [9.17, 15) is 0 Å². The summed E-state index contributed by atoms with van der Waals surface area (Å²) in [6.07, 6.45) is 5.04. The van der Waals surface area contributed by atoms with Crippen molar-refractivity contribution < 1.29 is 0 Å². The molecule has 72 valence electrons.